The van der Waals surface area contributed by atoms with Crippen molar-refractivity contribution in [3.05, 3.63) is 52.4 Å². The molecular formula is C15H17ClN2O4S. The van der Waals surface area contributed by atoms with Gasteiger partial charge in [-0.1, -0.05) is 17.7 Å². The van der Waals surface area contributed by atoms with Crippen LogP contribution < -0.4 is 10.0 Å². The molecule has 0 fully saturated rings. The van der Waals surface area contributed by atoms with Crippen molar-refractivity contribution in [2.45, 2.75) is 18.7 Å². The van der Waals surface area contributed by atoms with E-state index in [1.54, 1.807) is 32.0 Å². The number of sulfonamides is 1. The van der Waals surface area contributed by atoms with E-state index in [4.69, 9.17) is 16.0 Å². The number of nitrogens with one attached hydrogen (secondary N) is 2. The van der Waals surface area contributed by atoms with Gasteiger partial charge in [0.15, 0.2) is 0 Å². The second kappa shape index (κ2) is 7.16. The molecule has 1 heterocycles. The van der Waals surface area contributed by atoms with Crippen molar-refractivity contribution in [2.75, 3.05) is 13.1 Å². The molecule has 1 amide bonds. The number of aryl methyl sites for hydroxylation is 2. The minimum atomic E-state index is -3.65. The topological polar surface area (TPSA) is 88.4 Å². The van der Waals surface area contributed by atoms with E-state index in [1.807, 2.05) is 0 Å². The summed E-state index contributed by atoms with van der Waals surface area (Å²) in [4.78, 5) is 12.0. The minimum Gasteiger partial charge on any atom is -0.466 e. The smallest absolute Gasteiger partial charge is 0.254 e. The SMILES string of the molecule is Cc1cc(C(=O)NCCNS(=O)(=O)c2cccc(Cl)c2)c(C)o1. The van der Waals surface area contributed by atoms with Gasteiger partial charge < -0.3 is 9.73 Å². The molecule has 2 rings (SSSR count). The molecule has 1 aromatic carbocycles. The first-order chi connectivity index (χ1) is 10.8. The molecule has 0 saturated carbocycles. The molecule has 6 nitrogen and oxygen atoms in total. The average molecular weight is 357 g/mol. The molecule has 0 unspecified atom stereocenters. The summed E-state index contributed by atoms with van der Waals surface area (Å²) in [5.74, 6) is 0.870. The Morgan fingerprint density at radius 3 is 2.57 bits per heavy atom. The number of hydrogen-bond acceptors (Lipinski definition) is 4. The Kier molecular flexibility index (Phi) is 5.46. The van der Waals surface area contributed by atoms with Gasteiger partial charge in [0.05, 0.1) is 10.5 Å². The quantitative estimate of drug-likeness (QED) is 0.777. The number of hydrogen-bond donors (Lipinski definition) is 2. The van der Waals surface area contributed by atoms with Gasteiger partial charge in [0.25, 0.3) is 5.91 Å². The number of amides is 1. The summed E-state index contributed by atoms with van der Waals surface area (Å²) in [5, 5.41) is 2.98. The Morgan fingerprint density at radius 1 is 1.22 bits per heavy atom. The van der Waals surface area contributed by atoms with Gasteiger partial charge in [-0.2, -0.15) is 0 Å². The van der Waals surface area contributed by atoms with Crippen LogP contribution in [-0.2, 0) is 10.0 Å². The molecule has 0 aliphatic heterocycles. The summed E-state index contributed by atoms with van der Waals surface area (Å²) in [7, 11) is -3.65. The zero-order valence-electron chi connectivity index (χ0n) is 12.7. The van der Waals surface area contributed by atoms with E-state index in [1.165, 1.54) is 12.1 Å². The van der Waals surface area contributed by atoms with Crippen LogP contribution in [-0.4, -0.2) is 27.4 Å². The lowest BCUT2D eigenvalue weighted by atomic mass is 10.2. The first-order valence-electron chi connectivity index (χ1n) is 6.90. The highest BCUT2D eigenvalue weighted by atomic mass is 35.5. The number of furan rings is 1. The number of benzene rings is 1. The minimum absolute atomic E-state index is 0.0659. The summed E-state index contributed by atoms with van der Waals surface area (Å²) in [5.41, 5.74) is 0.445. The Balaban J connectivity index is 1.88. The maximum Gasteiger partial charge on any atom is 0.254 e. The molecule has 2 aromatic rings. The van der Waals surface area contributed by atoms with Crippen LogP contribution in [0.5, 0.6) is 0 Å². The molecule has 0 radical (unpaired) electrons. The summed E-state index contributed by atoms with van der Waals surface area (Å²) in [6, 6.07) is 7.60. The van der Waals surface area contributed by atoms with Crippen LogP contribution >= 0.6 is 11.6 Å². The molecule has 0 bridgehead atoms. The number of rotatable bonds is 6. The Morgan fingerprint density at radius 2 is 1.96 bits per heavy atom. The molecule has 2 N–H and O–H groups in total. The maximum atomic E-state index is 12.1. The Bertz CT molecular complexity index is 815. The van der Waals surface area contributed by atoms with Gasteiger partial charge in [-0.25, -0.2) is 13.1 Å². The van der Waals surface area contributed by atoms with Crippen molar-refractivity contribution < 1.29 is 17.6 Å². The maximum absolute atomic E-state index is 12.1. The highest BCUT2D eigenvalue weighted by molar-refractivity contribution is 7.89. The highest BCUT2D eigenvalue weighted by Crippen LogP contribution is 2.15. The predicted molar refractivity (Wildman–Crippen MR) is 87.2 cm³/mol. The molecule has 0 saturated heterocycles. The second-order valence-corrected chi connectivity index (χ2v) is 7.14. The largest absolute Gasteiger partial charge is 0.466 e. The van der Waals surface area contributed by atoms with Gasteiger partial charge in [0, 0.05) is 18.1 Å². The molecular weight excluding hydrogens is 340 g/mol. The Hall–Kier alpha value is -1.83. The summed E-state index contributed by atoms with van der Waals surface area (Å²) in [6.07, 6.45) is 0. The molecule has 1 aromatic heterocycles. The van der Waals surface area contributed by atoms with Gasteiger partial charge in [-0.05, 0) is 38.1 Å². The van der Waals surface area contributed by atoms with Crippen LogP contribution in [0.1, 0.15) is 21.9 Å². The van der Waals surface area contributed by atoms with E-state index in [2.05, 4.69) is 10.0 Å². The van der Waals surface area contributed by atoms with Gasteiger partial charge in [-0.15, -0.1) is 0 Å². The van der Waals surface area contributed by atoms with Crippen molar-refractivity contribution in [3.63, 3.8) is 0 Å². The third-order valence-electron chi connectivity index (χ3n) is 3.09. The lowest BCUT2D eigenvalue weighted by molar-refractivity contribution is 0.0953. The van der Waals surface area contributed by atoms with E-state index < -0.39 is 10.0 Å². The van der Waals surface area contributed by atoms with Crippen molar-refractivity contribution in [3.8, 4) is 0 Å². The van der Waals surface area contributed by atoms with Gasteiger partial charge in [-0.3, -0.25) is 4.79 Å². The monoisotopic (exact) mass is 356 g/mol. The number of carbonyl (C=O) groups excluding carboxylic acids is 1. The summed E-state index contributed by atoms with van der Waals surface area (Å²) < 4.78 is 31.8. The van der Waals surface area contributed by atoms with E-state index in [0.717, 1.165) is 0 Å². The lowest BCUT2D eigenvalue weighted by Crippen LogP contribution is -2.34. The van der Waals surface area contributed by atoms with Crippen LogP contribution in [0.25, 0.3) is 0 Å². The van der Waals surface area contributed by atoms with Crippen LogP contribution in [0.2, 0.25) is 5.02 Å². The molecule has 0 atom stereocenters. The predicted octanol–water partition coefficient (Wildman–Crippen LogP) is 2.26. The average Bonchev–Trinajstić information content (AvgIpc) is 2.82. The first-order valence-corrected chi connectivity index (χ1v) is 8.76. The van der Waals surface area contributed by atoms with Crippen molar-refractivity contribution in [1.29, 1.82) is 0 Å². The van der Waals surface area contributed by atoms with Crippen molar-refractivity contribution in [1.82, 2.24) is 10.0 Å². The van der Waals surface area contributed by atoms with Gasteiger partial charge in [0.1, 0.15) is 11.5 Å². The summed E-state index contributed by atoms with van der Waals surface area (Å²) >= 11 is 5.78. The zero-order chi connectivity index (χ0) is 17.0. The first kappa shape index (κ1) is 17.5. The fourth-order valence-corrected chi connectivity index (χ4v) is 3.36. The fraction of sp³-hybridized carbons (Fsp3) is 0.267. The van der Waals surface area contributed by atoms with Crippen molar-refractivity contribution in [2.24, 2.45) is 0 Å². The van der Waals surface area contributed by atoms with Gasteiger partial charge >= 0.3 is 0 Å². The third kappa shape index (κ3) is 4.57. The van der Waals surface area contributed by atoms with E-state index in [-0.39, 0.29) is 23.9 Å². The molecule has 0 aliphatic carbocycles. The lowest BCUT2D eigenvalue weighted by Gasteiger charge is -2.08. The molecule has 23 heavy (non-hydrogen) atoms. The zero-order valence-corrected chi connectivity index (χ0v) is 14.3. The molecule has 0 aliphatic rings. The van der Waals surface area contributed by atoms with Gasteiger partial charge in [0.2, 0.25) is 10.0 Å². The fourth-order valence-electron chi connectivity index (χ4n) is 2.03. The molecule has 0 spiro atoms. The number of carbonyl (C=O) groups is 1. The van der Waals surface area contributed by atoms with Crippen LogP contribution in [0.3, 0.4) is 0 Å². The number of halogens is 1. The third-order valence-corrected chi connectivity index (χ3v) is 4.79. The Labute approximate surface area is 139 Å². The van der Waals surface area contributed by atoms with Crippen LogP contribution in [0.4, 0.5) is 0 Å². The highest BCUT2D eigenvalue weighted by Gasteiger charge is 2.15. The second-order valence-electron chi connectivity index (χ2n) is 4.94. The molecule has 124 valence electrons. The molecule has 8 heteroatoms. The van der Waals surface area contributed by atoms with Crippen LogP contribution in [0.15, 0.2) is 39.6 Å². The van der Waals surface area contributed by atoms with E-state index in [9.17, 15) is 13.2 Å². The van der Waals surface area contributed by atoms with E-state index >= 15 is 0 Å². The van der Waals surface area contributed by atoms with Crippen LogP contribution in [0, 0.1) is 13.8 Å². The normalized spacial score (nSPS) is 11.4. The summed E-state index contributed by atoms with van der Waals surface area (Å²) in [6.45, 7) is 3.67. The van der Waals surface area contributed by atoms with E-state index in [0.29, 0.717) is 22.1 Å². The standard InChI is InChI=1S/C15H17ClN2O4S/c1-10-8-14(11(2)22-10)15(19)17-6-7-18-23(20,21)13-5-3-4-12(16)9-13/h3-5,8-9,18H,6-7H2,1-2H3,(H,17,19). The van der Waals surface area contributed by atoms with Crippen molar-refractivity contribution >= 4 is 27.5 Å².